The van der Waals surface area contributed by atoms with Crippen molar-refractivity contribution in [3.05, 3.63) is 24.3 Å². The maximum Gasteiger partial charge on any atom is 0.228 e. The molecule has 1 aromatic rings. The average molecular weight is 476 g/mol. The average Bonchev–Trinajstić information content (AvgIpc) is 2.97. The Morgan fingerprint density at radius 2 is 1.91 bits per heavy atom. The fourth-order valence-corrected chi connectivity index (χ4v) is 6.11. The van der Waals surface area contributed by atoms with Crippen molar-refractivity contribution in [2.75, 3.05) is 25.1 Å². The maximum atomic E-state index is 12.8. The third-order valence-electron chi connectivity index (χ3n) is 6.83. The number of rotatable bonds is 4. The van der Waals surface area contributed by atoms with Gasteiger partial charge in [0.2, 0.25) is 5.91 Å². The highest BCUT2D eigenvalue weighted by molar-refractivity contribution is 7.92. The van der Waals surface area contributed by atoms with Crippen molar-refractivity contribution in [2.45, 2.75) is 67.9 Å². The molecule has 3 aliphatic heterocycles. The first kappa shape index (κ1) is 24.0. The standard InChI is InChI=1S/C23H33N5O4S/c1-23(2,3)33(30,31)17-8-6-16(7-9-17)26-21-20-18(10-11-25-22(20)29)28(27-21)19-14-32-12-4-5-15(19)13-24/h6-9,15,18-21,26-27H,4-5,10-12,14H2,1-3H3,(H,25,29)/t15-,18?,19?,20?,21?/m0/s1. The number of nitrogens with one attached hydrogen (secondary N) is 3. The van der Waals surface area contributed by atoms with E-state index < -0.39 is 14.6 Å². The summed E-state index contributed by atoms with van der Waals surface area (Å²) in [6.07, 6.45) is 2.01. The van der Waals surface area contributed by atoms with E-state index in [2.05, 4.69) is 27.1 Å². The molecular weight excluding hydrogens is 442 g/mol. The summed E-state index contributed by atoms with van der Waals surface area (Å²) in [7, 11) is -3.44. The number of sulfone groups is 1. The summed E-state index contributed by atoms with van der Waals surface area (Å²) >= 11 is 0. The topological polar surface area (TPSA) is 124 Å². The first-order valence-corrected chi connectivity index (χ1v) is 13.0. The van der Waals surface area contributed by atoms with Crippen LogP contribution >= 0.6 is 0 Å². The molecule has 3 heterocycles. The van der Waals surface area contributed by atoms with Gasteiger partial charge in [0.25, 0.3) is 0 Å². The van der Waals surface area contributed by atoms with Crippen LogP contribution in [0.2, 0.25) is 0 Å². The van der Waals surface area contributed by atoms with E-state index in [1.54, 1.807) is 45.0 Å². The molecule has 3 aliphatic rings. The largest absolute Gasteiger partial charge is 0.380 e. The lowest BCUT2D eigenvalue weighted by atomic mass is 9.89. The van der Waals surface area contributed by atoms with Gasteiger partial charge in [-0.3, -0.25) is 4.79 Å². The number of hydrogen-bond acceptors (Lipinski definition) is 8. The van der Waals surface area contributed by atoms with Crippen molar-refractivity contribution in [2.24, 2.45) is 11.8 Å². The number of carbonyl (C=O) groups excluding carboxylic acids is 1. The van der Waals surface area contributed by atoms with Gasteiger partial charge in [0.05, 0.1) is 40.2 Å². The van der Waals surface area contributed by atoms with Gasteiger partial charge in [0, 0.05) is 24.9 Å². The van der Waals surface area contributed by atoms with Crippen molar-refractivity contribution < 1.29 is 17.9 Å². The summed E-state index contributed by atoms with van der Waals surface area (Å²) in [5, 5.41) is 18.1. The van der Waals surface area contributed by atoms with Gasteiger partial charge in [0.15, 0.2) is 9.84 Å². The number of nitriles is 1. The molecule has 0 spiro atoms. The van der Waals surface area contributed by atoms with Crippen molar-refractivity contribution in [3.8, 4) is 6.07 Å². The van der Waals surface area contributed by atoms with E-state index in [0.717, 1.165) is 19.3 Å². The molecule has 0 radical (unpaired) electrons. The minimum Gasteiger partial charge on any atom is -0.380 e. The van der Waals surface area contributed by atoms with Gasteiger partial charge < -0.3 is 15.4 Å². The molecule has 3 N–H and O–H groups in total. The molecule has 180 valence electrons. The van der Waals surface area contributed by atoms with Gasteiger partial charge in [-0.25, -0.2) is 18.9 Å². The molecule has 0 bridgehead atoms. The molecule has 3 fully saturated rings. The lowest BCUT2D eigenvalue weighted by Gasteiger charge is -2.36. The van der Waals surface area contributed by atoms with Crippen molar-refractivity contribution in [1.82, 2.24) is 15.8 Å². The van der Waals surface area contributed by atoms with Crippen molar-refractivity contribution in [1.29, 1.82) is 5.26 Å². The molecule has 0 aliphatic carbocycles. The molecule has 9 nitrogen and oxygen atoms in total. The Bertz CT molecular complexity index is 1010. The van der Waals surface area contributed by atoms with Crippen LogP contribution in [0.5, 0.6) is 0 Å². The lowest BCUT2D eigenvalue weighted by molar-refractivity contribution is -0.128. The van der Waals surface area contributed by atoms with Gasteiger partial charge in [0.1, 0.15) is 6.17 Å². The monoisotopic (exact) mass is 475 g/mol. The van der Waals surface area contributed by atoms with Gasteiger partial charge in [-0.1, -0.05) is 0 Å². The van der Waals surface area contributed by atoms with Crippen molar-refractivity contribution in [3.63, 3.8) is 0 Å². The van der Waals surface area contributed by atoms with E-state index in [0.29, 0.717) is 25.4 Å². The number of hydrazine groups is 1. The second-order valence-electron chi connectivity index (χ2n) is 9.99. The summed E-state index contributed by atoms with van der Waals surface area (Å²) in [4.78, 5) is 13.1. The third-order valence-corrected chi connectivity index (χ3v) is 9.34. The highest BCUT2D eigenvalue weighted by Crippen LogP contribution is 2.34. The van der Waals surface area contributed by atoms with E-state index in [1.807, 2.05) is 0 Å². The fourth-order valence-electron chi connectivity index (χ4n) is 4.91. The number of anilines is 1. The second kappa shape index (κ2) is 9.22. The quantitative estimate of drug-likeness (QED) is 0.601. The van der Waals surface area contributed by atoms with Crippen LogP contribution in [0.25, 0.3) is 0 Å². The Labute approximate surface area is 195 Å². The molecular formula is C23H33N5O4S. The number of hydrogen-bond donors (Lipinski definition) is 3. The summed E-state index contributed by atoms with van der Waals surface area (Å²) in [6.45, 7) is 6.72. The number of benzene rings is 1. The van der Waals surface area contributed by atoms with E-state index in [-0.39, 0.29) is 40.9 Å². The van der Waals surface area contributed by atoms with Gasteiger partial charge in [-0.15, -0.1) is 0 Å². The predicted octanol–water partition coefficient (Wildman–Crippen LogP) is 1.64. The van der Waals surface area contributed by atoms with Gasteiger partial charge >= 0.3 is 0 Å². The van der Waals surface area contributed by atoms with Crippen LogP contribution in [0, 0.1) is 23.2 Å². The second-order valence-corrected chi connectivity index (χ2v) is 12.7. The summed E-state index contributed by atoms with van der Waals surface area (Å²) in [6, 6.07) is 8.89. The number of fused-ring (bicyclic) bond motifs is 1. The minimum atomic E-state index is -3.44. The SMILES string of the molecule is CC(C)(C)S(=O)(=O)c1ccc(NC2NN(C3COCCC[C@H]3C#N)C3CCNC(=O)C23)cc1. The number of ether oxygens (including phenoxy) is 1. The number of nitrogens with zero attached hydrogens (tertiary/aromatic N) is 2. The Balaban J connectivity index is 1.56. The van der Waals surface area contributed by atoms with Crippen LogP contribution in [0.1, 0.15) is 40.0 Å². The molecule has 33 heavy (non-hydrogen) atoms. The normalized spacial score (nSPS) is 31.2. The summed E-state index contributed by atoms with van der Waals surface area (Å²) in [5.41, 5.74) is 4.17. The van der Waals surface area contributed by atoms with Crippen LogP contribution < -0.4 is 16.1 Å². The highest BCUT2D eigenvalue weighted by Gasteiger charge is 2.51. The summed E-state index contributed by atoms with van der Waals surface area (Å²) in [5.74, 6) is -0.556. The van der Waals surface area contributed by atoms with Crippen LogP contribution in [0.15, 0.2) is 29.2 Å². The minimum absolute atomic E-state index is 0.0336. The Morgan fingerprint density at radius 3 is 2.58 bits per heavy atom. The van der Waals surface area contributed by atoms with Gasteiger partial charge in [-0.05, 0) is 64.3 Å². The van der Waals surface area contributed by atoms with E-state index >= 15 is 0 Å². The van der Waals surface area contributed by atoms with Crippen LogP contribution in [0.3, 0.4) is 0 Å². The fraction of sp³-hybridized carbons (Fsp3) is 0.652. The van der Waals surface area contributed by atoms with E-state index in [9.17, 15) is 18.5 Å². The molecule has 3 saturated heterocycles. The van der Waals surface area contributed by atoms with Gasteiger partial charge in [-0.2, -0.15) is 5.26 Å². The molecule has 10 heteroatoms. The molecule has 0 saturated carbocycles. The predicted molar refractivity (Wildman–Crippen MR) is 124 cm³/mol. The van der Waals surface area contributed by atoms with Crippen LogP contribution in [0.4, 0.5) is 5.69 Å². The first-order chi connectivity index (χ1) is 15.6. The molecule has 4 rings (SSSR count). The van der Waals surface area contributed by atoms with Crippen LogP contribution in [-0.4, -0.2) is 62.1 Å². The molecule has 0 aromatic heterocycles. The Hall–Kier alpha value is -2.19. The number of amides is 1. The zero-order chi connectivity index (χ0) is 23.8. The van der Waals surface area contributed by atoms with Crippen LogP contribution in [-0.2, 0) is 19.4 Å². The smallest absolute Gasteiger partial charge is 0.228 e. The lowest BCUT2D eigenvalue weighted by Crippen LogP contribution is -2.54. The third kappa shape index (κ3) is 4.60. The molecule has 1 amide bonds. The zero-order valence-corrected chi connectivity index (χ0v) is 20.2. The molecule has 1 aromatic carbocycles. The Morgan fingerprint density at radius 1 is 1.18 bits per heavy atom. The number of piperidine rings is 1. The molecule has 5 atom stereocenters. The maximum absolute atomic E-state index is 12.8. The van der Waals surface area contributed by atoms with E-state index in [1.165, 1.54) is 0 Å². The first-order valence-electron chi connectivity index (χ1n) is 11.5. The van der Waals surface area contributed by atoms with E-state index in [4.69, 9.17) is 4.74 Å². The van der Waals surface area contributed by atoms with Crippen molar-refractivity contribution >= 4 is 21.4 Å². The highest BCUT2D eigenvalue weighted by atomic mass is 32.2. The number of carbonyl (C=O) groups is 1. The Kier molecular flexibility index (Phi) is 6.69. The zero-order valence-electron chi connectivity index (χ0n) is 19.4. The molecule has 4 unspecified atom stereocenters. The summed E-state index contributed by atoms with van der Waals surface area (Å²) < 4.78 is 30.3.